The van der Waals surface area contributed by atoms with Crippen LogP contribution in [-0.2, 0) is 10.0 Å². The Hall–Kier alpha value is -3.46. The van der Waals surface area contributed by atoms with Crippen molar-refractivity contribution in [2.45, 2.75) is 25.8 Å². The zero-order valence-electron chi connectivity index (χ0n) is 17.7. The summed E-state index contributed by atoms with van der Waals surface area (Å²) in [5, 5.41) is 24.2. The number of piperidine rings is 1. The number of sulfonamides is 1. The van der Waals surface area contributed by atoms with E-state index >= 15 is 0 Å². The average Bonchev–Trinajstić information content (AvgIpc) is 2.83. The van der Waals surface area contributed by atoms with Gasteiger partial charge in [-0.15, -0.1) is 0 Å². The lowest BCUT2D eigenvalue weighted by atomic mass is 9.96. The second-order valence-corrected chi connectivity index (χ2v) is 10.1. The summed E-state index contributed by atoms with van der Waals surface area (Å²) in [5.74, 6) is 0.124. The van der Waals surface area contributed by atoms with E-state index in [1.54, 1.807) is 29.6 Å². The van der Waals surface area contributed by atoms with Crippen molar-refractivity contribution < 1.29 is 8.42 Å². The van der Waals surface area contributed by atoms with Gasteiger partial charge in [0.25, 0.3) is 0 Å². The second-order valence-electron chi connectivity index (χ2n) is 7.82. The lowest BCUT2D eigenvalue weighted by molar-refractivity contribution is 0.330. The summed E-state index contributed by atoms with van der Waals surface area (Å²) in [7, 11) is -3.16. The van der Waals surface area contributed by atoms with Crippen molar-refractivity contribution in [1.82, 2.24) is 9.29 Å². The Kier molecular flexibility index (Phi) is 6.09. The molecule has 0 aliphatic carbocycles. The van der Waals surface area contributed by atoms with Crippen LogP contribution in [0.1, 0.15) is 30.9 Å². The zero-order chi connectivity index (χ0) is 22.7. The molecule has 0 saturated carbocycles. The van der Waals surface area contributed by atoms with E-state index in [1.807, 2.05) is 36.5 Å². The normalized spacial score (nSPS) is 15.2. The van der Waals surface area contributed by atoms with Crippen molar-refractivity contribution in [2.24, 2.45) is 0 Å². The first-order valence-corrected chi connectivity index (χ1v) is 12.1. The van der Waals surface area contributed by atoms with E-state index < -0.39 is 10.0 Å². The van der Waals surface area contributed by atoms with Crippen LogP contribution in [0.15, 0.2) is 48.8 Å². The number of aromatic nitrogens is 1. The number of nitrogens with one attached hydrogen (secondary N) is 1. The molecule has 8 heteroatoms. The van der Waals surface area contributed by atoms with Crippen LogP contribution in [0.3, 0.4) is 0 Å². The molecular formula is C24H23N5O2S. The highest BCUT2D eigenvalue weighted by molar-refractivity contribution is 7.89. The molecule has 162 valence electrons. The number of fused-ring (bicyclic) bond motifs is 1. The largest absolute Gasteiger partial charge is 0.382 e. The molecule has 1 fully saturated rings. The molecule has 3 aromatic rings. The highest BCUT2D eigenvalue weighted by Crippen LogP contribution is 2.33. The van der Waals surface area contributed by atoms with Gasteiger partial charge in [0.15, 0.2) is 0 Å². The molecule has 4 rings (SSSR count). The van der Waals surface area contributed by atoms with Crippen LogP contribution in [-0.4, -0.2) is 42.6 Å². The minimum absolute atomic E-state index is 0.124. The van der Waals surface area contributed by atoms with Gasteiger partial charge in [-0.2, -0.15) is 10.5 Å². The minimum Gasteiger partial charge on any atom is -0.382 e. The molecule has 0 unspecified atom stereocenters. The van der Waals surface area contributed by atoms with Crippen molar-refractivity contribution in [3.8, 4) is 23.3 Å². The maximum atomic E-state index is 12.1. The first-order chi connectivity index (χ1) is 15.4. The number of hydrogen-bond acceptors (Lipinski definition) is 6. The lowest BCUT2D eigenvalue weighted by Crippen LogP contribution is -2.42. The van der Waals surface area contributed by atoms with Crippen LogP contribution in [0.4, 0.5) is 5.69 Å². The predicted molar refractivity (Wildman–Crippen MR) is 124 cm³/mol. The Balaban J connectivity index is 1.66. The van der Waals surface area contributed by atoms with Crippen LogP contribution >= 0.6 is 0 Å². The van der Waals surface area contributed by atoms with E-state index in [9.17, 15) is 18.9 Å². The topological polar surface area (TPSA) is 110 Å². The number of nitriles is 2. The summed E-state index contributed by atoms with van der Waals surface area (Å²) < 4.78 is 25.9. The molecule has 32 heavy (non-hydrogen) atoms. The smallest absolute Gasteiger partial charge is 0.213 e. The van der Waals surface area contributed by atoms with Crippen LogP contribution in [0.5, 0.6) is 0 Å². The van der Waals surface area contributed by atoms with Crippen molar-refractivity contribution in [3.63, 3.8) is 0 Å². The molecule has 0 spiro atoms. The third kappa shape index (κ3) is 4.29. The highest BCUT2D eigenvalue weighted by atomic mass is 32.2. The third-order valence-corrected chi connectivity index (χ3v) is 7.80. The number of benzene rings is 2. The summed E-state index contributed by atoms with van der Waals surface area (Å²) in [6.45, 7) is 2.68. The molecule has 1 aliphatic rings. The second kappa shape index (κ2) is 8.96. The molecule has 0 bridgehead atoms. The molecule has 1 N–H and O–H groups in total. The summed E-state index contributed by atoms with van der Waals surface area (Å²) in [4.78, 5) is 4.27. The monoisotopic (exact) mass is 445 g/mol. The van der Waals surface area contributed by atoms with Gasteiger partial charge in [0.1, 0.15) is 12.1 Å². The first-order valence-electron chi connectivity index (χ1n) is 10.5. The van der Waals surface area contributed by atoms with Crippen molar-refractivity contribution >= 4 is 26.5 Å². The van der Waals surface area contributed by atoms with Crippen LogP contribution in [0.2, 0.25) is 0 Å². The minimum atomic E-state index is -3.16. The molecule has 1 aromatic heterocycles. The van der Waals surface area contributed by atoms with Gasteiger partial charge in [-0.3, -0.25) is 4.98 Å². The van der Waals surface area contributed by atoms with Gasteiger partial charge in [0.05, 0.1) is 16.9 Å². The molecule has 2 aromatic carbocycles. The van der Waals surface area contributed by atoms with Gasteiger partial charge < -0.3 is 5.32 Å². The number of anilines is 1. The van der Waals surface area contributed by atoms with E-state index in [4.69, 9.17) is 0 Å². The fraction of sp³-hybridized carbons (Fsp3) is 0.292. The van der Waals surface area contributed by atoms with Crippen LogP contribution < -0.4 is 5.32 Å². The van der Waals surface area contributed by atoms with Gasteiger partial charge in [-0.05, 0) is 66.6 Å². The van der Waals surface area contributed by atoms with Crippen molar-refractivity contribution in [2.75, 3.05) is 24.2 Å². The number of pyridine rings is 1. The highest BCUT2D eigenvalue weighted by Gasteiger charge is 2.27. The van der Waals surface area contributed by atoms with Crippen LogP contribution in [0.25, 0.3) is 21.9 Å². The van der Waals surface area contributed by atoms with E-state index in [1.165, 1.54) is 0 Å². The molecular weight excluding hydrogens is 422 g/mol. The van der Waals surface area contributed by atoms with E-state index in [0.29, 0.717) is 24.2 Å². The molecule has 0 radical (unpaired) electrons. The Bertz CT molecular complexity index is 1350. The Morgan fingerprint density at radius 1 is 1.06 bits per heavy atom. The molecule has 7 nitrogen and oxygen atoms in total. The van der Waals surface area contributed by atoms with E-state index in [0.717, 1.165) is 40.4 Å². The van der Waals surface area contributed by atoms with Gasteiger partial charge >= 0.3 is 0 Å². The molecule has 1 saturated heterocycles. The van der Waals surface area contributed by atoms with Gasteiger partial charge in [-0.1, -0.05) is 6.07 Å². The first kappa shape index (κ1) is 21.8. The maximum Gasteiger partial charge on any atom is 0.213 e. The van der Waals surface area contributed by atoms with E-state index in [2.05, 4.69) is 16.4 Å². The predicted octanol–water partition coefficient (Wildman–Crippen LogP) is 3.87. The quantitative estimate of drug-likeness (QED) is 0.638. The Morgan fingerprint density at radius 2 is 1.81 bits per heavy atom. The Labute approximate surface area is 188 Å². The number of nitrogens with zero attached hydrogens (tertiary/aromatic N) is 4. The Morgan fingerprint density at radius 3 is 2.50 bits per heavy atom. The average molecular weight is 446 g/mol. The summed E-state index contributed by atoms with van der Waals surface area (Å²) >= 11 is 0. The molecule has 2 heterocycles. The summed E-state index contributed by atoms with van der Waals surface area (Å²) in [6.07, 6.45) is 5.00. The standard InChI is InChI=1S/C24H23N5O2S/c1-2-32(30,31)29-9-6-22(7-10-29)28-24-13-20(12-18-5-8-27-16-23(18)24)17-3-4-19(14-25)21(11-17)15-26/h3-5,8,11-13,16,22,28H,2,6-7,9-10H2,1H3. The third-order valence-electron chi connectivity index (χ3n) is 5.92. The lowest BCUT2D eigenvalue weighted by Gasteiger charge is -2.32. The van der Waals surface area contributed by atoms with Crippen LogP contribution in [0, 0.1) is 22.7 Å². The van der Waals surface area contributed by atoms with Crippen molar-refractivity contribution in [1.29, 1.82) is 10.5 Å². The van der Waals surface area contributed by atoms with Crippen molar-refractivity contribution in [3.05, 3.63) is 59.9 Å². The maximum absolute atomic E-state index is 12.1. The van der Waals surface area contributed by atoms with Gasteiger partial charge in [0, 0.05) is 42.6 Å². The number of rotatable bonds is 5. The fourth-order valence-corrected chi connectivity index (χ4v) is 5.21. The SMILES string of the molecule is CCS(=O)(=O)N1CCC(Nc2cc(-c3ccc(C#N)c(C#N)c3)cc3ccncc23)CC1. The summed E-state index contributed by atoms with van der Waals surface area (Å²) in [6, 6.07) is 15.6. The fourth-order valence-electron chi connectivity index (χ4n) is 4.08. The molecule has 1 aliphatic heterocycles. The molecule has 0 atom stereocenters. The number of hydrogen-bond donors (Lipinski definition) is 1. The molecule has 0 amide bonds. The summed E-state index contributed by atoms with van der Waals surface area (Å²) in [5.41, 5.74) is 3.40. The zero-order valence-corrected chi connectivity index (χ0v) is 18.6. The van der Waals surface area contributed by atoms with Gasteiger partial charge in [-0.25, -0.2) is 12.7 Å². The van der Waals surface area contributed by atoms with Gasteiger partial charge in [0.2, 0.25) is 10.0 Å². The van der Waals surface area contributed by atoms with E-state index in [-0.39, 0.29) is 11.8 Å².